The third kappa shape index (κ3) is 2.41. The van der Waals surface area contributed by atoms with Crippen LogP contribution in [0.2, 0.25) is 0 Å². The molecule has 0 saturated carbocycles. The molecule has 0 saturated heterocycles. The van der Waals surface area contributed by atoms with E-state index in [4.69, 9.17) is 9.31 Å². The minimum atomic E-state index is -0.267. The van der Waals surface area contributed by atoms with Crippen LogP contribution in [0.3, 0.4) is 0 Å². The third-order valence-corrected chi connectivity index (χ3v) is 2.35. The Morgan fingerprint density at radius 3 is 2.06 bits per heavy atom. The lowest BCUT2D eigenvalue weighted by atomic mass is 9.75. The van der Waals surface area contributed by atoms with Crippen LogP contribution >= 0.6 is 0 Å². The molecular weight excluding hydrogens is 199 g/mol. The lowest BCUT2D eigenvalue weighted by molar-refractivity contribution is 0.502. The molecule has 0 spiro atoms. The number of allylic oxidation sites excluding steroid dienone is 2. The summed E-state index contributed by atoms with van der Waals surface area (Å²) in [6, 6.07) is 7.76. The highest BCUT2D eigenvalue weighted by atomic mass is 16.6. The smallest absolute Gasteiger partial charge is 0.519 e. The summed E-state index contributed by atoms with van der Waals surface area (Å²) < 4.78 is 11.4. The van der Waals surface area contributed by atoms with Gasteiger partial charge in [-0.25, -0.2) is 0 Å². The van der Waals surface area contributed by atoms with Gasteiger partial charge in [0.15, 0.2) is 0 Å². The molecule has 1 aliphatic rings. The van der Waals surface area contributed by atoms with E-state index in [1.807, 2.05) is 31.2 Å². The molecule has 0 bridgehead atoms. The fraction of sp³-hybridized carbons (Fsp3) is 0.385. The van der Waals surface area contributed by atoms with Crippen molar-refractivity contribution in [3.8, 4) is 11.5 Å². The molecule has 0 atom stereocenters. The van der Waals surface area contributed by atoms with Gasteiger partial charge in [-0.15, -0.1) is 0 Å². The molecule has 2 nitrogen and oxygen atoms in total. The Kier molecular flexibility index (Phi) is 2.70. The highest BCUT2D eigenvalue weighted by Crippen LogP contribution is 2.34. The van der Waals surface area contributed by atoms with Gasteiger partial charge < -0.3 is 9.31 Å². The van der Waals surface area contributed by atoms with Gasteiger partial charge in [0.2, 0.25) is 0 Å². The maximum atomic E-state index is 5.72. The van der Waals surface area contributed by atoms with Crippen LogP contribution in [0.15, 0.2) is 35.8 Å². The molecular formula is C13H17BO2. The molecule has 0 radical (unpaired) electrons. The predicted molar refractivity (Wildman–Crippen MR) is 66.7 cm³/mol. The van der Waals surface area contributed by atoms with Gasteiger partial charge in [0.1, 0.15) is 11.5 Å². The largest absolute Gasteiger partial charge is 0.627 e. The van der Waals surface area contributed by atoms with Crippen LogP contribution in [-0.4, -0.2) is 7.12 Å². The zero-order valence-corrected chi connectivity index (χ0v) is 10.3. The summed E-state index contributed by atoms with van der Waals surface area (Å²) in [7, 11) is -0.267. The number of para-hydroxylation sites is 2. The lowest BCUT2D eigenvalue weighted by Crippen LogP contribution is -2.27. The Morgan fingerprint density at radius 1 is 1.12 bits per heavy atom. The summed E-state index contributed by atoms with van der Waals surface area (Å²) in [5.74, 6) is 1.66. The average molecular weight is 216 g/mol. The molecule has 1 aromatic carbocycles. The molecule has 1 aromatic rings. The Bertz CT molecular complexity index is 393. The van der Waals surface area contributed by atoms with Crippen molar-refractivity contribution >= 4 is 7.12 Å². The van der Waals surface area contributed by atoms with Crippen molar-refractivity contribution in [1.82, 2.24) is 0 Å². The Balaban J connectivity index is 2.15. The van der Waals surface area contributed by atoms with Gasteiger partial charge in [0.05, 0.1) is 0 Å². The number of rotatable bonds is 1. The molecule has 0 N–H and O–H groups in total. The second kappa shape index (κ2) is 3.89. The van der Waals surface area contributed by atoms with Crippen LogP contribution in [0.25, 0.3) is 0 Å². The highest BCUT2D eigenvalue weighted by Gasteiger charge is 2.34. The van der Waals surface area contributed by atoms with Gasteiger partial charge in [-0.3, -0.25) is 0 Å². The van der Waals surface area contributed by atoms with Crippen LogP contribution in [0.4, 0.5) is 0 Å². The van der Waals surface area contributed by atoms with Crippen molar-refractivity contribution in [1.29, 1.82) is 0 Å². The second-order valence-corrected chi connectivity index (χ2v) is 5.27. The van der Waals surface area contributed by atoms with E-state index >= 15 is 0 Å². The highest BCUT2D eigenvalue weighted by molar-refractivity contribution is 6.56. The van der Waals surface area contributed by atoms with E-state index in [9.17, 15) is 0 Å². The van der Waals surface area contributed by atoms with Crippen molar-refractivity contribution in [3.05, 3.63) is 35.8 Å². The first-order chi connectivity index (χ1) is 7.46. The Labute approximate surface area is 97.4 Å². The van der Waals surface area contributed by atoms with Gasteiger partial charge >= 0.3 is 7.12 Å². The topological polar surface area (TPSA) is 18.5 Å². The van der Waals surface area contributed by atoms with E-state index in [1.54, 1.807) is 0 Å². The van der Waals surface area contributed by atoms with E-state index in [1.165, 1.54) is 0 Å². The van der Waals surface area contributed by atoms with E-state index in [2.05, 4.69) is 26.8 Å². The summed E-state index contributed by atoms with van der Waals surface area (Å²) in [6.45, 7) is 8.54. The van der Waals surface area contributed by atoms with E-state index in [-0.39, 0.29) is 12.5 Å². The number of hydrogen-bond donors (Lipinski definition) is 0. The summed E-state index contributed by atoms with van der Waals surface area (Å²) >= 11 is 0. The summed E-state index contributed by atoms with van der Waals surface area (Å²) in [6.07, 6.45) is 2.18. The molecule has 2 rings (SSSR count). The van der Waals surface area contributed by atoms with Crippen LogP contribution in [0.5, 0.6) is 11.5 Å². The summed E-state index contributed by atoms with van der Waals surface area (Å²) in [4.78, 5) is 0. The van der Waals surface area contributed by atoms with Crippen LogP contribution in [-0.2, 0) is 0 Å². The maximum absolute atomic E-state index is 5.72. The molecule has 0 unspecified atom stereocenters. The lowest BCUT2D eigenvalue weighted by Gasteiger charge is -2.14. The Hall–Kier alpha value is -1.38. The molecule has 1 heterocycles. The molecule has 84 valence electrons. The molecule has 3 heteroatoms. The molecule has 0 fully saturated rings. The van der Waals surface area contributed by atoms with Crippen LogP contribution in [0, 0.1) is 5.41 Å². The fourth-order valence-corrected chi connectivity index (χ4v) is 1.84. The van der Waals surface area contributed by atoms with Crippen molar-refractivity contribution < 1.29 is 9.31 Å². The van der Waals surface area contributed by atoms with Gasteiger partial charge in [0, 0.05) is 0 Å². The van der Waals surface area contributed by atoms with Crippen molar-refractivity contribution in [2.75, 3.05) is 0 Å². The van der Waals surface area contributed by atoms with Crippen LogP contribution in [0.1, 0.15) is 27.7 Å². The average Bonchev–Trinajstić information content (AvgIpc) is 2.58. The first kappa shape index (κ1) is 11.1. The predicted octanol–water partition coefficient (Wildman–Crippen LogP) is 3.48. The Morgan fingerprint density at radius 2 is 1.62 bits per heavy atom. The standard InChI is InChI=1S/C13H17BO2/c1-10(9-13(2,3)4)14-15-11-7-5-6-8-12(11)16-14/h5-9H,1-4H3/b10-9-. The van der Waals surface area contributed by atoms with Gasteiger partial charge in [-0.2, -0.15) is 0 Å². The second-order valence-electron chi connectivity index (χ2n) is 5.27. The van der Waals surface area contributed by atoms with Gasteiger partial charge in [-0.1, -0.05) is 39.0 Å². The summed E-state index contributed by atoms with van der Waals surface area (Å²) in [5, 5.41) is 0. The molecule has 0 aliphatic carbocycles. The number of benzene rings is 1. The molecule has 16 heavy (non-hydrogen) atoms. The first-order valence-corrected chi connectivity index (χ1v) is 5.57. The zero-order chi connectivity index (χ0) is 11.8. The minimum absolute atomic E-state index is 0.144. The summed E-state index contributed by atoms with van der Waals surface area (Å²) in [5.41, 5.74) is 1.26. The molecule has 0 aromatic heterocycles. The first-order valence-electron chi connectivity index (χ1n) is 5.57. The molecule has 1 aliphatic heterocycles. The zero-order valence-electron chi connectivity index (χ0n) is 10.3. The van der Waals surface area contributed by atoms with Crippen molar-refractivity contribution in [2.45, 2.75) is 27.7 Å². The maximum Gasteiger partial charge on any atom is 0.627 e. The third-order valence-electron chi connectivity index (χ3n) is 2.35. The molecule has 0 amide bonds. The number of fused-ring (bicyclic) bond motifs is 1. The number of hydrogen-bond acceptors (Lipinski definition) is 2. The SMILES string of the molecule is C/C(=C/C(C)(C)C)B1Oc2ccccc2O1. The normalized spacial score (nSPS) is 15.5. The minimum Gasteiger partial charge on any atom is -0.519 e. The fourth-order valence-electron chi connectivity index (χ4n) is 1.84. The van der Waals surface area contributed by atoms with Gasteiger partial charge in [0.25, 0.3) is 0 Å². The van der Waals surface area contributed by atoms with Gasteiger partial charge in [-0.05, 0) is 29.9 Å². The van der Waals surface area contributed by atoms with Crippen molar-refractivity contribution in [2.24, 2.45) is 5.41 Å². The van der Waals surface area contributed by atoms with E-state index < -0.39 is 0 Å². The van der Waals surface area contributed by atoms with E-state index in [0.717, 1.165) is 17.0 Å². The monoisotopic (exact) mass is 216 g/mol. The van der Waals surface area contributed by atoms with Crippen molar-refractivity contribution in [3.63, 3.8) is 0 Å². The van der Waals surface area contributed by atoms with Crippen LogP contribution < -0.4 is 9.31 Å². The van der Waals surface area contributed by atoms with E-state index in [0.29, 0.717) is 0 Å². The quantitative estimate of drug-likeness (QED) is 0.669.